The van der Waals surface area contributed by atoms with Crippen molar-refractivity contribution in [3.05, 3.63) is 5.89 Å². The quantitative estimate of drug-likeness (QED) is 0.674. The molecule has 1 aromatic rings. The van der Waals surface area contributed by atoms with Crippen molar-refractivity contribution in [3.63, 3.8) is 0 Å². The Morgan fingerprint density at radius 2 is 2.41 bits per heavy atom. The zero-order valence-electron chi connectivity index (χ0n) is 9.90. The van der Waals surface area contributed by atoms with Crippen LogP contribution in [0.2, 0.25) is 0 Å². The van der Waals surface area contributed by atoms with Crippen molar-refractivity contribution < 1.29 is 9.21 Å². The maximum Gasteiger partial charge on any atom is 0.318 e. The van der Waals surface area contributed by atoms with E-state index < -0.39 is 0 Å². The number of nitrogens with zero attached hydrogens (tertiary/aromatic N) is 3. The lowest BCUT2D eigenvalue weighted by Crippen LogP contribution is -2.47. The molecule has 1 saturated heterocycles. The predicted molar refractivity (Wildman–Crippen MR) is 61.5 cm³/mol. The Kier molecular flexibility index (Phi) is 3.92. The zero-order chi connectivity index (χ0) is 12.1. The maximum atomic E-state index is 11.2. The van der Waals surface area contributed by atoms with Crippen molar-refractivity contribution in [2.75, 3.05) is 31.1 Å². The van der Waals surface area contributed by atoms with Gasteiger partial charge in [0.2, 0.25) is 11.8 Å². The lowest BCUT2D eigenvalue weighted by molar-refractivity contribution is -0.120. The van der Waals surface area contributed by atoms with Gasteiger partial charge in [0.25, 0.3) is 0 Å². The van der Waals surface area contributed by atoms with E-state index in [0.29, 0.717) is 31.5 Å². The molecule has 1 amide bonds. The van der Waals surface area contributed by atoms with Gasteiger partial charge in [-0.1, -0.05) is 12.0 Å². The fraction of sp³-hybridized carbons (Fsp3) is 0.700. The van der Waals surface area contributed by atoms with Gasteiger partial charge in [0.05, 0.1) is 6.54 Å². The van der Waals surface area contributed by atoms with Crippen molar-refractivity contribution in [1.82, 2.24) is 20.8 Å². The van der Waals surface area contributed by atoms with Crippen LogP contribution in [0.3, 0.4) is 0 Å². The second-order valence-corrected chi connectivity index (χ2v) is 3.93. The average molecular weight is 239 g/mol. The Bertz CT molecular complexity index is 379. The molecule has 17 heavy (non-hydrogen) atoms. The molecule has 0 aromatic carbocycles. The third-order valence-corrected chi connectivity index (χ3v) is 2.47. The van der Waals surface area contributed by atoms with Gasteiger partial charge in [-0.2, -0.15) is 0 Å². The predicted octanol–water partition coefficient (Wildman–Crippen LogP) is -0.495. The van der Waals surface area contributed by atoms with E-state index in [2.05, 4.69) is 27.8 Å². The largest absolute Gasteiger partial charge is 0.407 e. The van der Waals surface area contributed by atoms with Crippen molar-refractivity contribution in [1.29, 1.82) is 0 Å². The van der Waals surface area contributed by atoms with Crippen LogP contribution in [0.1, 0.15) is 19.2 Å². The summed E-state index contributed by atoms with van der Waals surface area (Å²) in [6.07, 6.45) is 1.06. The average Bonchev–Trinajstić information content (AvgIpc) is 2.78. The Morgan fingerprint density at radius 3 is 3.18 bits per heavy atom. The fourth-order valence-corrected chi connectivity index (χ4v) is 1.62. The standard InChI is InChI=1S/C10H17N5O2/c1-2-3-11-6-9-13-14-10(17-9)15-5-4-12-8(16)7-15/h11H,2-7H2,1H3,(H,12,16). The summed E-state index contributed by atoms with van der Waals surface area (Å²) < 4.78 is 5.48. The van der Waals surface area contributed by atoms with Gasteiger partial charge in [0, 0.05) is 13.1 Å². The van der Waals surface area contributed by atoms with Crippen LogP contribution in [0.15, 0.2) is 4.42 Å². The topological polar surface area (TPSA) is 83.3 Å². The monoisotopic (exact) mass is 239 g/mol. The number of hydrogen-bond acceptors (Lipinski definition) is 6. The second kappa shape index (κ2) is 5.62. The first-order valence-electron chi connectivity index (χ1n) is 5.84. The molecule has 0 aliphatic carbocycles. The molecule has 0 atom stereocenters. The summed E-state index contributed by atoms with van der Waals surface area (Å²) in [7, 11) is 0. The van der Waals surface area contributed by atoms with Crippen LogP contribution >= 0.6 is 0 Å². The van der Waals surface area contributed by atoms with Crippen molar-refractivity contribution in [3.8, 4) is 0 Å². The molecule has 7 nitrogen and oxygen atoms in total. The lowest BCUT2D eigenvalue weighted by atomic mass is 10.4. The second-order valence-electron chi connectivity index (χ2n) is 3.93. The lowest BCUT2D eigenvalue weighted by Gasteiger charge is -2.24. The number of nitrogens with one attached hydrogen (secondary N) is 2. The van der Waals surface area contributed by atoms with Gasteiger partial charge < -0.3 is 20.0 Å². The highest BCUT2D eigenvalue weighted by Crippen LogP contribution is 2.12. The highest BCUT2D eigenvalue weighted by Gasteiger charge is 2.21. The van der Waals surface area contributed by atoms with Gasteiger partial charge >= 0.3 is 6.01 Å². The van der Waals surface area contributed by atoms with Crippen LogP contribution in [0.4, 0.5) is 6.01 Å². The van der Waals surface area contributed by atoms with Crippen molar-refractivity contribution >= 4 is 11.9 Å². The van der Waals surface area contributed by atoms with Crippen molar-refractivity contribution in [2.24, 2.45) is 0 Å². The van der Waals surface area contributed by atoms with E-state index in [1.165, 1.54) is 0 Å². The zero-order valence-corrected chi connectivity index (χ0v) is 9.90. The first-order valence-corrected chi connectivity index (χ1v) is 5.84. The molecule has 1 aromatic heterocycles. The minimum atomic E-state index is -0.0138. The molecule has 7 heteroatoms. The summed E-state index contributed by atoms with van der Waals surface area (Å²) in [5, 5.41) is 13.8. The number of amides is 1. The highest BCUT2D eigenvalue weighted by atomic mass is 16.4. The third kappa shape index (κ3) is 3.16. The molecule has 0 saturated carbocycles. The molecule has 1 aliphatic rings. The van der Waals surface area contributed by atoms with Crippen LogP contribution < -0.4 is 15.5 Å². The molecule has 2 heterocycles. The molecular weight excluding hydrogens is 222 g/mol. The van der Waals surface area contributed by atoms with E-state index in [4.69, 9.17) is 4.42 Å². The molecule has 1 fully saturated rings. The van der Waals surface area contributed by atoms with Gasteiger partial charge in [-0.15, -0.1) is 5.10 Å². The number of anilines is 1. The van der Waals surface area contributed by atoms with Gasteiger partial charge in [-0.25, -0.2) is 0 Å². The summed E-state index contributed by atoms with van der Waals surface area (Å²) >= 11 is 0. The molecule has 0 spiro atoms. The number of piperazine rings is 1. The summed E-state index contributed by atoms with van der Waals surface area (Å²) in [6.45, 7) is 5.19. The first kappa shape index (κ1) is 11.8. The maximum absolute atomic E-state index is 11.2. The molecule has 2 rings (SSSR count). The van der Waals surface area contributed by atoms with Gasteiger partial charge in [-0.05, 0) is 13.0 Å². The molecule has 94 valence electrons. The minimum absolute atomic E-state index is 0.0138. The van der Waals surface area contributed by atoms with E-state index >= 15 is 0 Å². The normalized spacial score (nSPS) is 16.1. The van der Waals surface area contributed by atoms with E-state index in [-0.39, 0.29) is 12.5 Å². The van der Waals surface area contributed by atoms with E-state index in [1.54, 1.807) is 4.90 Å². The number of carbonyl (C=O) groups excluding carboxylic acids is 1. The number of aromatic nitrogens is 2. The van der Waals surface area contributed by atoms with E-state index in [0.717, 1.165) is 13.0 Å². The van der Waals surface area contributed by atoms with Gasteiger partial charge in [0.15, 0.2) is 0 Å². The molecule has 0 unspecified atom stereocenters. The Morgan fingerprint density at radius 1 is 1.53 bits per heavy atom. The summed E-state index contributed by atoms with van der Waals surface area (Å²) in [5.41, 5.74) is 0. The smallest absolute Gasteiger partial charge is 0.318 e. The van der Waals surface area contributed by atoms with Crippen LogP contribution in [-0.4, -0.2) is 42.3 Å². The summed E-state index contributed by atoms with van der Waals surface area (Å²) in [4.78, 5) is 13.0. The highest BCUT2D eigenvalue weighted by molar-refractivity contribution is 5.81. The van der Waals surface area contributed by atoms with Crippen LogP contribution in [0, 0.1) is 0 Å². The number of carbonyl (C=O) groups is 1. The molecule has 1 aliphatic heterocycles. The Balaban J connectivity index is 1.90. The number of rotatable bonds is 5. The first-order chi connectivity index (χ1) is 8.29. The number of hydrogen-bond donors (Lipinski definition) is 2. The Hall–Kier alpha value is -1.63. The summed E-state index contributed by atoms with van der Waals surface area (Å²) in [5.74, 6) is 0.541. The molecule has 0 radical (unpaired) electrons. The van der Waals surface area contributed by atoms with E-state index in [1.807, 2.05) is 0 Å². The van der Waals surface area contributed by atoms with Gasteiger partial charge in [0.1, 0.15) is 6.54 Å². The van der Waals surface area contributed by atoms with Crippen LogP contribution in [0.25, 0.3) is 0 Å². The molecule has 0 bridgehead atoms. The molecule has 2 N–H and O–H groups in total. The van der Waals surface area contributed by atoms with Gasteiger partial charge in [-0.3, -0.25) is 4.79 Å². The van der Waals surface area contributed by atoms with Crippen molar-refractivity contribution in [2.45, 2.75) is 19.9 Å². The summed E-state index contributed by atoms with van der Waals surface area (Å²) in [6, 6.07) is 0.424. The molecular formula is C10H17N5O2. The third-order valence-electron chi connectivity index (χ3n) is 2.47. The van der Waals surface area contributed by atoms with Crippen LogP contribution in [0.5, 0.6) is 0 Å². The Labute approximate surface area is 99.6 Å². The minimum Gasteiger partial charge on any atom is -0.407 e. The SMILES string of the molecule is CCCNCc1nnc(N2CCNC(=O)C2)o1. The van der Waals surface area contributed by atoms with Crippen LogP contribution in [-0.2, 0) is 11.3 Å². The van der Waals surface area contributed by atoms with E-state index in [9.17, 15) is 4.79 Å². The fourth-order valence-electron chi connectivity index (χ4n) is 1.62.